The van der Waals surface area contributed by atoms with Crippen molar-refractivity contribution in [2.24, 2.45) is 0 Å². The zero-order chi connectivity index (χ0) is 6.99. The summed E-state index contributed by atoms with van der Waals surface area (Å²) in [5.74, 6) is 0. The van der Waals surface area contributed by atoms with Gasteiger partial charge in [0, 0.05) is 0 Å². The van der Waals surface area contributed by atoms with Crippen LogP contribution in [0, 0.1) is 0 Å². The van der Waals surface area contributed by atoms with Crippen LogP contribution in [0.5, 0.6) is 0 Å². The van der Waals surface area contributed by atoms with Crippen LogP contribution in [-0.2, 0) is 44.8 Å². The van der Waals surface area contributed by atoms with E-state index in [0.717, 1.165) is 6.42 Å². The molecular formula is C6H14O2Ta2+8. The summed E-state index contributed by atoms with van der Waals surface area (Å²) in [7, 11) is 0. The van der Waals surface area contributed by atoms with Gasteiger partial charge in [0.05, 0.1) is 0 Å². The molecule has 2 nitrogen and oxygen atoms in total. The molecule has 0 aromatic heterocycles. The number of rotatable bonds is 1. The monoisotopic (exact) mass is 480 g/mol. The van der Waals surface area contributed by atoms with E-state index in [1.54, 1.807) is 13.8 Å². The first kappa shape index (κ1) is 22.5. The Morgan fingerprint density at radius 1 is 1.20 bits per heavy atom. The van der Waals surface area contributed by atoms with Gasteiger partial charge in [-0.05, 0) is 0 Å². The summed E-state index contributed by atoms with van der Waals surface area (Å²) in [6.07, 6.45) is 0.347. The van der Waals surface area contributed by atoms with Gasteiger partial charge in [-0.1, -0.05) is 27.2 Å². The minimum Gasteiger partial charge on any atom is -0.854 e. The van der Waals surface area contributed by atoms with Crippen molar-refractivity contribution in [2.75, 3.05) is 6.61 Å². The van der Waals surface area contributed by atoms with Crippen LogP contribution in [0.2, 0.25) is 0 Å². The quantitative estimate of drug-likeness (QED) is 0.509. The van der Waals surface area contributed by atoms with Crippen molar-refractivity contribution in [3.8, 4) is 0 Å². The molecule has 52 valence electrons. The van der Waals surface area contributed by atoms with Crippen molar-refractivity contribution in [3.05, 3.63) is 0 Å². The Kier molecular flexibility index (Phi) is 50.5. The van der Waals surface area contributed by atoms with Gasteiger partial charge in [-0.25, -0.2) is 0 Å². The molecule has 0 aromatic rings. The molecule has 0 aliphatic heterocycles. The second-order valence-electron chi connectivity index (χ2n) is 1.75. The smallest absolute Gasteiger partial charge is 0.854 e. The molecule has 0 aliphatic rings. The Hall–Kier alpha value is 1.40. The Balaban J connectivity index is -0.0000000300. The van der Waals surface area contributed by atoms with Gasteiger partial charge < -0.3 is 10.2 Å². The summed E-state index contributed by atoms with van der Waals surface area (Å²) in [6, 6.07) is 0. The van der Waals surface area contributed by atoms with Crippen LogP contribution >= 0.6 is 0 Å². The summed E-state index contributed by atoms with van der Waals surface area (Å²) in [5.41, 5.74) is 0. The summed E-state index contributed by atoms with van der Waals surface area (Å²) in [4.78, 5) is 0. The van der Waals surface area contributed by atoms with Gasteiger partial charge in [-0.2, -0.15) is 0 Å². The van der Waals surface area contributed by atoms with E-state index in [1.165, 1.54) is 0 Å². The first-order valence-corrected chi connectivity index (χ1v) is 2.89. The largest absolute Gasteiger partial charge is 5.00 e. The Labute approximate surface area is 94.4 Å². The molecule has 0 bridgehead atoms. The second-order valence-corrected chi connectivity index (χ2v) is 1.75. The molecule has 0 atom stereocenters. The average molecular weight is 480 g/mol. The maximum absolute atomic E-state index is 9.53. The summed E-state index contributed by atoms with van der Waals surface area (Å²) in [5, 5.41) is 18.8. The third kappa shape index (κ3) is 115. The van der Waals surface area contributed by atoms with Crippen molar-refractivity contribution in [1.29, 1.82) is 0 Å². The molecule has 0 rings (SSSR count). The number of hydrogen-bond donors (Lipinski definition) is 0. The third-order valence-electron chi connectivity index (χ3n) is 0.204. The van der Waals surface area contributed by atoms with Gasteiger partial charge in [0.15, 0.2) is 0 Å². The standard InChI is InChI=1S/2C3H7O.2Ta/c1-3(2)4;1-2-3-4;;/h3H,1-2H3;2-3H2,1H3;;/q2*-1;2*+5. The van der Waals surface area contributed by atoms with Gasteiger partial charge >= 0.3 is 44.8 Å². The van der Waals surface area contributed by atoms with Crippen LogP contribution in [0.4, 0.5) is 0 Å². The van der Waals surface area contributed by atoms with E-state index in [2.05, 4.69) is 0 Å². The van der Waals surface area contributed by atoms with Crippen LogP contribution in [0.3, 0.4) is 0 Å². The predicted molar refractivity (Wildman–Crippen MR) is 30.3 cm³/mol. The number of hydrogen-bond acceptors (Lipinski definition) is 2. The van der Waals surface area contributed by atoms with Crippen LogP contribution in [0.15, 0.2) is 0 Å². The Morgan fingerprint density at radius 2 is 1.30 bits per heavy atom. The van der Waals surface area contributed by atoms with Gasteiger partial charge in [0.1, 0.15) is 0 Å². The molecule has 4 heteroatoms. The van der Waals surface area contributed by atoms with E-state index < -0.39 is 6.10 Å². The molecule has 0 spiro atoms. The van der Waals surface area contributed by atoms with Crippen molar-refractivity contribution in [3.63, 3.8) is 0 Å². The van der Waals surface area contributed by atoms with Gasteiger partial charge in [-0.3, -0.25) is 0 Å². The SMILES string of the molecule is CC(C)[O-].CCC[O-].[Ta+5].[Ta+5]. The normalized spacial score (nSPS) is 6.60. The molecule has 0 heterocycles. The van der Waals surface area contributed by atoms with Crippen molar-refractivity contribution >= 4 is 0 Å². The van der Waals surface area contributed by atoms with Crippen molar-refractivity contribution in [1.82, 2.24) is 0 Å². The fourth-order valence-corrected chi connectivity index (χ4v) is 0. The van der Waals surface area contributed by atoms with E-state index in [1.807, 2.05) is 6.92 Å². The Morgan fingerprint density at radius 3 is 1.30 bits per heavy atom. The summed E-state index contributed by atoms with van der Waals surface area (Å²) < 4.78 is 0. The fraction of sp³-hybridized carbons (Fsp3) is 1.00. The molecule has 0 fully saturated rings. The summed E-state index contributed by atoms with van der Waals surface area (Å²) >= 11 is 0. The molecule has 0 aromatic carbocycles. The third-order valence-corrected chi connectivity index (χ3v) is 0.204. The second kappa shape index (κ2) is 22.4. The maximum Gasteiger partial charge on any atom is 5.00 e. The minimum absolute atomic E-state index is 0. The minimum atomic E-state index is -0.417. The fourth-order valence-electron chi connectivity index (χ4n) is 0. The molecule has 0 saturated carbocycles. The van der Waals surface area contributed by atoms with Gasteiger partial charge in [0.2, 0.25) is 0 Å². The topological polar surface area (TPSA) is 46.1 Å². The van der Waals surface area contributed by atoms with Gasteiger partial charge in [0.25, 0.3) is 0 Å². The van der Waals surface area contributed by atoms with Gasteiger partial charge in [-0.15, -0.1) is 12.7 Å². The van der Waals surface area contributed by atoms with E-state index in [4.69, 9.17) is 0 Å². The predicted octanol–water partition coefficient (Wildman–Crippen LogP) is -0.493. The zero-order valence-corrected chi connectivity index (χ0v) is 13.1. The molecule has 0 saturated heterocycles. The Bertz CT molecular complexity index is 30.2. The zero-order valence-electron chi connectivity index (χ0n) is 6.70. The first-order chi connectivity index (χ1) is 3.65. The van der Waals surface area contributed by atoms with Crippen LogP contribution in [0.1, 0.15) is 27.2 Å². The van der Waals surface area contributed by atoms with Crippen LogP contribution in [0.25, 0.3) is 0 Å². The molecule has 0 unspecified atom stereocenters. The van der Waals surface area contributed by atoms with E-state index in [9.17, 15) is 10.2 Å². The van der Waals surface area contributed by atoms with Crippen LogP contribution in [-0.4, -0.2) is 12.7 Å². The molecule has 0 radical (unpaired) electrons. The molecule has 0 amide bonds. The molecule has 0 N–H and O–H groups in total. The maximum atomic E-state index is 9.53. The first-order valence-electron chi connectivity index (χ1n) is 2.89. The molecule has 0 aliphatic carbocycles. The van der Waals surface area contributed by atoms with Crippen molar-refractivity contribution < 1.29 is 55.0 Å². The van der Waals surface area contributed by atoms with Crippen molar-refractivity contribution in [2.45, 2.75) is 33.3 Å². The molecule has 10 heavy (non-hydrogen) atoms. The molecular weight excluding hydrogens is 466 g/mol. The summed E-state index contributed by atoms with van der Waals surface area (Å²) in [6.45, 7) is 5.16. The average Bonchev–Trinajstić information content (AvgIpc) is 1.65. The van der Waals surface area contributed by atoms with E-state index >= 15 is 0 Å². The van der Waals surface area contributed by atoms with Crippen LogP contribution < -0.4 is 10.2 Å². The van der Waals surface area contributed by atoms with E-state index in [0.29, 0.717) is 0 Å². The van der Waals surface area contributed by atoms with E-state index in [-0.39, 0.29) is 51.4 Å².